The Hall–Kier alpha value is -2.80. The van der Waals surface area contributed by atoms with Gasteiger partial charge in [-0.15, -0.1) is 11.3 Å². The molecule has 0 spiro atoms. The highest BCUT2D eigenvalue weighted by Gasteiger charge is 2.13. The van der Waals surface area contributed by atoms with E-state index in [0.717, 1.165) is 37.6 Å². The Morgan fingerprint density at radius 3 is 2.50 bits per heavy atom. The monoisotopic (exact) mass is 451 g/mol. The van der Waals surface area contributed by atoms with Crippen LogP contribution >= 0.6 is 35.2 Å². The first-order valence-corrected chi connectivity index (χ1v) is 10.9. The molecule has 0 saturated carbocycles. The van der Waals surface area contributed by atoms with E-state index in [1.807, 2.05) is 68.4 Å². The number of aromatic nitrogens is 1. The van der Waals surface area contributed by atoms with Crippen molar-refractivity contribution in [3.63, 3.8) is 0 Å². The fourth-order valence-corrected chi connectivity index (χ4v) is 4.67. The van der Waals surface area contributed by atoms with Crippen molar-refractivity contribution in [2.24, 2.45) is 0 Å². The van der Waals surface area contributed by atoms with E-state index >= 15 is 0 Å². The van der Waals surface area contributed by atoms with Gasteiger partial charge in [-0.3, -0.25) is 10.1 Å². The molecule has 0 bridgehead atoms. The summed E-state index contributed by atoms with van der Waals surface area (Å²) in [5.74, 6) is -0.250. The quantitative estimate of drug-likeness (QED) is 0.356. The van der Waals surface area contributed by atoms with Crippen molar-refractivity contribution < 1.29 is 4.79 Å². The van der Waals surface area contributed by atoms with Gasteiger partial charge in [-0.2, -0.15) is 0 Å². The molecule has 0 atom stereocenters. The zero-order valence-corrected chi connectivity index (χ0v) is 18.7. The lowest BCUT2D eigenvalue weighted by Crippen LogP contribution is -2.34. The van der Waals surface area contributed by atoms with Gasteiger partial charge in [-0.25, -0.2) is 4.98 Å². The van der Waals surface area contributed by atoms with E-state index in [1.54, 1.807) is 17.4 Å². The molecule has 4 aromatic rings. The highest BCUT2D eigenvalue weighted by atomic mass is 35.5. The lowest BCUT2D eigenvalue weighted by molar-refractivity contribution is 0.0977. The highest BCUT2D eigenvalue weighted by Crippen LogP contribution is 2.35. The number of hydrogen-bond acceptors (Lipinski definition) is 4. The number of para-hydroxylation sites is 1. The molecule has 3 aromatic carbocycles. The van der Waals surface area contributed by atoms with Crippen molar-refractivity contribution in [2.75, 3.05) is 5.32 Å². The molecule has 1 heterocycles. The van der Waals surface area contributed by atoms with Gasteiger partial charge >= 0.3 is 0 Å². The maximum Gasteiger partial charge on any atom is 0.257 e. The van der Waals surface area contributed by atoms with Gasteiger partial charge in [0.15, 0.2) is 5.11 Å². The van der Waals surface area contributed by atoms with E-state index in [1.165, 1.54) is 0 Å². The van der Waals surface area contributed by atoms with Crippen LogP contribution in [0.15, 0.2) is 60.7 Å². The van der Waals surface area contributed by atoms with Crippen LogP contribution in [-0.4, -0.2) is 16.0 Å². The summed E-state index contributed by atoms with van der Waals surface area (Å²) < 4.78 is 1.10. The fourth-order valence-electron chi connectivity index (χ4n) is 3.20. The minimum absolute atomic E-state index is 0.219. The first-order valence-electron chi connectivity index (χ1n) is 9.25. The van der Waals surface area contributed by atoms with Crippen molar-refractivity contribution in [3.05, 3.63) is 82.4 Å². The van der Waals surface area contributed by atoms with Crippen LogP contribution < -0.4 is 10.6 Å². The van der Waals surface area contributed by atoms with Gasteiger partial charge in [-0.05, 0) is 68.5 Å². The molecule has 30 heavy (non-hydrogen) atoms. The van der Waals surface area contributed by atoms with E-state index in [-0.39, 0.29) is 11.0 Å². The molecule has 150 valence electrons. The predicted molar refractivity (Wildman–Crippen MR) is 130 cm³/mol. The third-order valence-electron chi connectivity index (χ3n) is 4.46. The van der Waals surface area contributed by atoms with Crippen LogP contribution in [0, 0.1) is 13.8 Å². The number of thiocarbonyl (C=S) groups is 1. The summed E-state index contributed by atoms with van der Waals surface area (Å²) in [7, 11) is 0. The lowest BCUT2D eigenvalue weighted by atomic mass is 10.1. The zero-order chi connectivity index (χ0) is 21.3. The number of nitrogens with one attached hydrogen (secondary N) is 2. The molecule has 0 unspecified atom stereocenters. The van der Waals surface area contributed by atoms with Gasteiger partial charge in [0.2, 0.25) is 0 Å². The minimum Gasteiger partial charge on any atom is -0.332 e. The number of carbonyl (C=O) groups excluding carboxylic acids is 1. The van der Waals surface area contributed by atoms with Gasteiger partial charge in [0.1, 0.15) is 5.01 Å². The summed E-state index contributed by atoms with van der Waals surface area (Å²) in [5.41, 5.74) is 5.09. The van der Waals surface area contributed by atoms with Crippen molar-refractivity contribution in [2.45, 2.75) is 13.8 Å². The van der Waals surface area contributed by atoms with Gasteiger partial charge in [-0.1, -0.05) is 40.9 Å². The van der Waals surface area contributed by atoms with E-state index in [2.05, 4.69) is 15.6 Å². The van der Waals surface area contributed by atoms with Crippen molar-refractivity contribution >= 4 is 62.1 Å². The van der Waals surface area contributed by atoms with Crippen LogP contribution in [0.3, 0.4) is 0 Å². The fraction of sp³-hybridized carbons (Fsp3) is 0.0870. The van der Waals surface area contributed by atoms with Crippen LogP contribution in [-0.2, 0) is 0 Å². The number of fused-ring (bicyclic) bond motifs is 1. The molecule has 1 amide bonds. The number of halogens is 1. The lowest BCUT2D eigenvalue weighted by Gasteiger charge is -2.12. The number of thiazole rings is 1. The number of carbonyl (C=O) groups is 1. The van der Waals surface area contributed by atoms with Crippen LogP contribution in [0.2, 0.25) is 5.02 Å². The molecule has 7 heteroatoms. The smallest absolute Gasteiger partial charge is 0.257 e. The summed E-state index contributed by atoms with van der Waals surface area (Å²) in [4.78, 5) is 17.2. The number of benzene rings is 3. The van der Waals surface area contributed by atoms with E-state index in [4.69, 9.17) is 23.8 Å². The van der Waals surface area contributed by atoms with E-state index in [0.29, 0.717) is 10.6 Å². The molecule has 0 aliphatic heterocycles. The first-order chi connectivity index (χ1) is 14.4. The predicted octanol–water partition coefficient (Wildman–Crippen LogP) is 6.36. The van der Waals surface area contributed by atoms with E-state index < -0.39 is 0 Å². The van der Waals surface area contributed by atoms with Crippen molar-refractivity contribution in [1.29, 1.82) is 0 Å². The first kappa shape index (κ1) is 20.5. The average molecular weight is 452 g/mol. The summed E-state index contributed by atoms with van der Waals surface area (Å²) >= 11 is 13.3. The number of nitrogens with zero attached hydrogens (tertiary/aromatic N) is 1. The topological polar surface area (TPSA) is 54.0 Å². The largest absolute Gasteiger partial charge is 0.332 e. The molecular formula is C23H18ClN3OS2. The molecular weight excluding hydrogens is 434 g/mol. The molecule has 4 rings (SSSR count). The zero-order valence-electron chi connectivity index (χ0n) is 16.3. The van der Waals surface area contributed by atoms with E-state index in [9.17, 15) is 4.79 Å². The molecule has 2 N–H and O–H groups in total. The third-order valence-corrected chi connectivity index (χ3v) is 6.06. The Bertz CT molecular complexity index is 1230. The number of anilines is 1. The number of hydrogen-bond donors (Lipinski definition) is 2. The molecule has 0 fully saturated rings. The Balaban J connectivity index is 1.52. The molecule has 0 saturated heterocycles. The standard InChI is InChI=1S/C23H18ClN3OS2/c1-13-9-14(2)11-15(10-13)21(28)27-23(29)25-16-7-8-18(24)17(12-16)22-26-19-5-3-4-6-20(19)30-22/h3-12H,1-2H3,(H2,25,27,28,29). The second-order valence-electron chi connectivity index (χ2n) is 6.97. The molecule has 0 radical (unpaired) electrons. The van der Waals surface area contributed by atoms with Crippen LogP contribution in [0.25, 0.3) is 20.8 Å². The average Bonchev–Trinajstić information content (AvgIpc) is 3.12. The Morgan fingerprint density at radius 1 is 1.03 bits per heavy atom. The number of amides is 1. The molecule has 4 nitrogen and oxygen atoms in total. The van der Waals surface area contributed by atoms with Gasteiger partial charge in [0.25, 0.3) is 5.91 Å². The van der Waals surface area contributed by atoms with Crippen molar-refractivity contribution in [1.82, 2.24) is 10.3 Å². The van der Waals surface area contributed by atoms with Crippen LogP contribution in [0.5, 0.6) is 0 Å². The second-order valence-corrected chi connectivity index (χ2v) is 8.81. The summed E-state index contributed by atoms with van der Waals surface area (Å²) in [6.07, 6.45) is 0. The minimum atomic E-state index is -0.250. The van der Waals surface area contributed by atoms with Crippen LogP contribution in [0.1, 0.15) is 21.5 Å². The van der Waals surface area contributed by atoms with Crippen LogP contribution in [0.4, 0.5) is 5.69 Å². The Morgan fingerprint density at radius 2 is 1.77 bits per heavy atom. The normalized spacial score (nSPS) is 10.8. The maximum atomic E-state index is 12.5. The van der Waals surface area contributed by atoms with Gasteiger partial charge in [0, 0.05) is 16.8 Å². The highest BCUT2D eigenvalue weighted by molar-refractivity contribution is 7.80. The third kappa shape index (κ3) is 4.51. The number of rotatable bonds is 3. The Labute approximate surface area is 188 Å². The SMILES string of the molecule is Cc1cc(C)cc(C(=O)NC(=S)Nc2ccc(Cl)c(-c3nc4ccccc4s3)c2)c1. The Kier molecular flexibility index (Phi) is 5.81. The summed E-state index contributed by atoms with van der Waals surface area (Å²) in [6, 6.07) is 19.1. The summed E-state index contributed by atoms with van der Waals surface area (Å²) in [5, 5.41) is 7.44. The number of aryl methyl sites for hydroxylation is 2. The van der Waals surface area contributed by atoms with Gasteiger partial charge in [0.05, 0.1) is 15.2 Å². The molecule has 0 aliphatic carbocycles. The maximum absolute atomic E-state index is 12.5. The van der Waals surface area contributed by atoms with Gasteiger partial charge < -0.3 is 5.32 Å². The second kappa shape index (κ2) is 8.52. The molecule has 1 aromatic heterocycles. The van der Waals surface area contributed by atoms with Crippen molar-refractivity contribution in [3.8, 4) is 10.6 Å². The molecule has 0 aliphatic rings. The summed E-state index contributed by atoms with van der Waals surface area (Å²) in [6.45, 7) is 3.91.